The smallest absolute Gasteiger partial charge is 0.284 e. The zero-order chi connectivity index (χ0) is 18.1. The van der Waals surface area contributed by atoms with E-state index >= 15 is 0 Å². The van der Waals surface area contributed by atoms with Crippen LogP contribution in [0.4, 0.5) is 26.3 Å². The first kappa shape index (κ1) is 18.0. The predicted molar refractivity (Wildman–Crippen MR) is 75.4 cm³/mol. The molecule has 1 aromatic rings. The number of benzene rings is 1. The Morgan fingerprint density at radius 1 is 1.00 bits per heavy atom. The summed E-state index contributed by atoms with van der Waals surface area (Å²) in [5, 5.41) is 0. The van der Waals surface area contributed by atoms with Crippen molar-refractivity contribution in [2.75, 3.05) is 0 Å². The lowest BCUT2D eigenvalue weighted by Crippen LogP contribution is -2.39. The zero-order valence-electron chi connectivity index (χ0n) is 12.2. The van der Waals surface area contributed by atoms with Gasteiger partial charge >= 0.3 is 12.4 Å². The van der Waals surface area contributed by atoms with Crippen molar-refractivity contribution in [2.45, 2.75) is 19.3 Å². The van der Waals surface area contributed by atoms with Crippen molar-refractivity contribution in [3.05, 3.63) is 59.3 Å². The molecule has 0 amide bonds. The first-order valence-corrected chi connectivity index (χ1v) is 6.72. The first-order chi connectivity index (χ1) is 11.0. The number of halogens is 6. The molecule has 0 fully saturated rings. The number of ketones is 1. The van der Waals surface area contributed by atoms with Gasteiger partial charge in [0.25, 0.3) is 5.78 Å². The maximum Gasteiger partial charge on any atom is 0.454 e. The molecule has 0 spiro atoms. The Morgan fingerprint density at radius 3 is 2.08 bits per heavy atom. The van der Waals surface area contributed by atoms with E-state index < -0.39 is 35.3 Å². The molecule has 0 aliphatic carbocycles. The second-order valence-corrected chi connectivity index (χ2v) is 5.09. The number of carbonyl (C=O) groups excluding carboxylic acids is 1. The fourth-order valence-corrected chi connectivity index (χ4v) is 2.29. The summed E-state index contributed by atoms with van der Waals surface area (Å²) in [5.41, 5.74) is -1.98. The van der Waals surface area contributed by atoms with E-state index in [1.807, 2.05) is 0 Å². The monoisotopic (exact) mass is 347 g/mol. The molecule has 0 radical (unpaired) electrons. The van der Waals surface area contributed by atoms with E-state index in [1.165, 1.54) is 31.2 Å². The highest BCUT2D eigenvalue weighted by atomic mass is 19.4. The van der Waals surface area contributed by atoms with Crippen LogP contribution in [0, 0.1) is 5.92 Å². The second-order valence-electron chi connectivity index (χ2n) is 5.09. The van der Waals surface area contributed by atoms with Crippen LogP contribution in [0.25, 0.3) is 0 Å². The van der Waals surface area contributed by atoms with E-state index in [0.29, 0.717) is 6.08 Å². The maximum absolute atomic E-state index is 13.5. The largest absolute Gasteiger partial charge is 0.454 e. The summed E-state index contributed by atoms with van der Waals surface area (Å²) in [6.45, 7) is 1.34. The van der Waals surface area contributed by atoms with Gasteiger partial charge in [0.1, 0.15) is 5.92 Å². The van der Waals surface area contributed by atoms with Crippen LogP contribution in [-0.4, -0.2) is 23.8 Å². The summed E-state index contributed by atoms with van der Waals surface area (Å²) in [7, 11) is 0. The van der Waals surface area contributed by atoms with E-state index in [4.69, 9.17) is 0 Å². The summed E-state index contributed by atoms with van der Waals surface area (Å²) >= 11 is 0. The number of carbonyl (C=O) groups is 1. The van der Waals surface area contributed by atoms with Crippen molar-refractivity contribution in [3.63, 3.8) is 0 Å². The van der Waals surface area contributed by atoms with Crippen molar-refractivity contribution in [1.29, 1.82) is 0 Å². The third-order valence-corrected chi connectivity index (χ3v) is 3.30. The van der Waals surface area contributed by atoms with Crippen molar-refractivity contribution >= 4 is 11.5 Å². The fourth-order valence-electron chi connectivity index (χ4n) is 2.29. The average Bonchev–Trinajstić information content (AvgIpc) is 2.65. The Bertz CT molecular complexity index is 725. The normalized spacial score (nSPS) is 19.1. The number of allylic oxidation sites excluding steroid dienone is 4. The highest BCUT2D eigenvalue weighted by Gasteiger charge is 2.53. The molecule has 24 heavy (non-hydrogen) atoms. The molecule has 1 aromatic carbocycles. The molecule has 0 N–H and O–H groups in total. The van der Waals surface area contributed by atoms with Crippen molar-refractivity contribution in [1.82, 2.24) is 0 Å². The number of alkyl halides is 6. The number of Topliss-reactive ketones (excluding diaryl/α,β-unsaturated/α-hetero) is 1. The Balaban J connectivity index is 2.68. The topological polar surface area (TPSA) is 29.4 Å². The molecule has 1 unspecified atom stereocenters. The van der Waals surface area contributed by atoms with Gasteiger partial charge < -0.3 is 0 Å². The van der Waals surface area contributed by atoms with Crippen LogP contribution in [0.5, 0.6) is 0 Å². The quantitative estimate of drug-likeness (QED) is 0.717. The molecule has 0 bridgehead atoms. The molecule has 1 aliphatic rings. The van der Waals surface area contributed by atoms with Gasteiger partial charge in [0.05, 0.1) is 5.71 Å². The molecule has 2 nitrogen and oxygen atoms in total. The van der Waals surface area contributed by atoms with Gasteiger partial charge in [-0.2, -0.15) is 26.3 Å². The summed E-state index contributed by atoms with van der Waals surface area (Å²) in [6, 6.07) is 7.01. The highest BCUT2D eigenvalue weighted by molar-refractivity contribution is 6.12. The molecule has 1 atom stereocenters. The van der Waals surface area contributed by atoms with Crippen molar-refractivity contribution in [3.8, 4) is 0 Å². The lowest BCUT2D eigenvalue weighted by Gasteiger charge is -2.24. The van der Waals surface area contributed by atoms with Crippen LogP contribution in [-0.2, 0) is 4.79 Å². The van der Waals surface area contributed by atoms with Gasteiger partial charge in [-0.05, 0) is 18.6 Å². The van der Waals surface area contributed by atoms with Gasteiger partial charge in [-0.3, -0.25) is 9.79 Å². The number of nitrogens with zero attached hydrogens (tertiary/aromatic N) is 1. The van der Waals surface area contributed by atoms with E-state index in [2.05, 4.69) is 4.99 Å². The van der Waals surface area contributed by atoms with Crippen LogP contribution in [0.3, 0.4) is 0 Å². The molecular weight excluding hydrogens is 336 g/mol. The number of hydrogen-bond acceptors (Lipinski definition) is 2. The highest BCUT2D eigenvalue weighted by Crippen LogP contribution is 2.39. The first-order valence-electron chi connectivity index (χ1n) is 6.72. The number of aliphatic imine (C=N–C) groups is 1. The summed E-state index contributed by atoms with van der Waals surface area (Å²) in [6.07, 6.45) is -9.01. The SMILES string of the molecule is CC1=CC=C(C(=O)C(F)(F)F)C(C(F)(F)F)C(c2ccccc2)=N1. The molecule has 0 aromatic heterocycles. The summed E-state index contributed by atoms with van der Waals surface area (Å²) < 4.78 is 78.8. The molecule has 2 rings (SSSR count). The van der Waals surface area contributed by atoms with Gasteiger partial charge in [-0.15, -0.1) is 0 Å². The molecule has 8 heteroatoms. The predicted octanol–water partition coefficient (Wildman–Crippen LogP) is 4.63. The molecule has 128 valence electrons. The van der Waals surface area contributed by atoms with Crippen molar-refractivity contribution in [2.24, 2.45) is 10.9 Å². The Labute approximate surface area is 133 Å². The van der Waals surface area contributed by atoms with E-state index in [0.717, 1.165) is 6.08 Å². The van der Waals surface area contributed by atoms with E-state index in [-0.39, 0.29) is 11.3 Å². The second kappa shape index (κ2) is 6.26. The zero-order valence-corrected chi connectivity index (χ0v) is 12.2. The molecule has 1 aliphatic heterocycles. The third kappa shape index (κ3) is 3.74. The minimum absolute atomic E-state index is 0.00431. The molecule has 0 saturated heterocycles. The van der Waals surface area contributed by atoms with E-state index in [1.54, 1.807) is 6.07 Å². The number of rotatable bonds is 2. The van der Waals surface area contributed by atoms with Gasteiger partial charge in [0.15, 0.2) is 0 Å². The average molecular weight is 347 g/mol. The van der Waals surface area contributed by atoms with Crippen molar-refractivity contribution < 1.29 is 31.1 Å². The van der Waals surface area contributed by atoms with Crippen LogP contribution in [0.15, 0.2) is 58.7 Å². The van der Waals surface area contributed by atoms with Gasteiger partial charge in [-0.1, -0.05) is 36.4 Å². The molecular formula is C16H11F6NO. The Hall–Kier alpha value is -2.38. The fraction of sp³-hybridized carbons (Fsp3) is 0.250. The third-order valence-electron chi connectivity index (χ3n) is 3.30. The van der Waals surface area contributed by atoms with Crippen LogP contribution < -0.4 is 0 Å². The van der Waals surface area contributed by atoms with Gasteiger partial charge in [0.2, 0.25) is 0 Å². The van der Waals surface area contributed by atoms with Crippen LogP contribution in [0.2, 0.25) is 0 Å². The van der Waals surface area contributed by atoms with Gasteiger partial charge in [0, 0.05) is 11.3 Å². The Kier molecular flexibility index (Phi) is 4.68. The molecule has 1 heterocycles. The van der Waals surface area contributed by atoms with Crippen LogP contribution in [0.1, 0.15) is 12.5 Å². The minimum atomic E-state index is -5.41. The standard InChI is InChI=1S/C16H11F6NO/c1-9-7-8-11(14(24)16(20,21)22)12(15(17,18)19)13(23-9)10-5-3-2-4-6-10/h2-8,12H,1H3. The molecule has 0 saturated carbocycles. The van der Waals surface area contributed by atoms with Crippen LogP contribution >= 0.6 is 0 Å². The maximum atomic E-state index is 13.5. The summed E-state index contributed by atoms with van der Waals surface area (Å²) in [5.74, 6) is -5.29. The summed E-state index contributed by atoms with van der Waals surface area (Å²) in [4.78, 5) is 15.3. The lowest BCUT2D eigenvalue weighted by molar-refractivity contribution is -0.173. The minimum Gasteiger partial charge on any atom is -0.284 e. The Morgan fingerprint density at radius 2 is 1.58 bits per heavy atom. The van der Waals surface area contributed by atoms with E-state index in [9.17, 15) is 31.1 Å². The lowest BCUT2D eigenvalue weighted by atomic mass is 9.86. The van der Waals surface area contributed by atoms with Gasteiger partial charge in [-0.25, -0.2) is 0 Å². The number of hydrogen-bond donors (Lipinski definition) is 0.